The highest BCUT2D eigenvalue weighted by atomic mass is 35.5. The number of carbonyl (C=O) groups is 1. The summed E-state index contributed by atoms with van der Waals surface area (Å²) < 4.78 is 5.31. The molecule has 3 rings (SSSR count). The number of hydrogen-bond acceptors (Lipinski definition) is 4. The van der Waals surface area contributed by atoms with Gasteiger partial charge in [-0.1, -0.05) is 28.9 Å². The lowest BCUT2D eigenvalue weighted by atomic mass is 10.1. The molecule has 23 heavy (non-hydrogen) atoms. The fourth-order valence-electron chi connectivity index (χ4n) is 2.26. The van der Waals surface area contributed by atoms with Crippen molar-refractivity contribution in [1.29, 1.82) is 0 Å². The summed E-state index contributed by atoms with van der Waals surface area (Å²) in [5.41, 5.74) is 2.65. The number of nitrogens with one attached hydrogen (secondary N) is 1. The average molecular weight is 328 g/mol. The van der Waals surface area contributed by atoms with Gasteiger partial charge in [0, 0.05) is 29.5 Å². The third kappa shape index (κ3) is 3.40. The van der Waals surface area contributed by atoms with E-state index in [-0.39, 0.29) is 5.91 Å². The number of nitrogens with zero attached hydrogens (tertiary/aromatic N) is 2. The Hall–Kier alpha value is -2.66. The maximum Gasteiger partial charge on any atom is 0.257 e. The van der Waals surface area contributed by atoms with Crippen LogP contribution in [0.4, 0.5) is 0 Å². The van der Waals surface area contributed by atoms with E-state index >= 15 is 0 Å². The number of hydrogen-bond donors (Lipinski definition) is 1. The summed E-state index contributed by atoms with van der Waals surface area (Å²) in [7, 11) is 0. The minimum Gasteiger partial charge on any atom is -0.355 e. The summed E-state index contributed by atoms with van der Waals surface area (Å²) in [4.78, 5) is 16.5. The van der Waals surface area contributed by atoms with Gasteiger partial charge in [0.15, 0.2) is 5.76 Å². The zero-order valence-corrected chi connectivity index (χ0v) is 13.2. The number of halogens is 1. The molecule has 0 atom stereocenters. The molecule has 1 N–H and O–H groups in total. The molecule has 3 aromatic rings. The van der Waals surface area contributed by atoms with Crippen LogP contribution in [0.25, 0.3) is 11.3 Å². The van der Waals surface area contributed by atoms with Gasteiger partial charge in [-0.3, -0.25) is 9.78 Å². The van der Waals surface area contributed by atoms with Gasteiger partial charge in [0.05, 0.1) is 5.69 Å². The minimum absolute atomic E-state index is 0.240. The second-order valence-corrected chi connectivity index (χ2v) is 5.46. The van der Waals surface area contributed by atoms with Crippen LogP contribution in [0.3, 0.4) is 0 Å². The molecule has 0 fully saturated rings. The Labute approximate surface area is 138 Å². The molecule has 0 aliphatic heterocycles. The summed E-state index contributed by atoms with van der Waals surface area (Å²) in [5, 5.41) is 7.41. The van der Waals surface area contributed by atoms with Crippen LogP contribution in [0.2, 0.25) is 5.02 Å². The smallest absolute Gasteiger partial charge is 0.257 e. The van der Waals surface area contributed by atoms with Crippen LogP contribution in [0.5, 0.6) is 0 Å². The fourth-order valence-corrected chi connectivity index (χ4v) is 2.47. The Morgan fingerprint density at radius 3 is 2.78 bits per heavy atom. The molecule has 0 saturated heterocycles. The normalized spacial score (nSPS) is 10.5. The number of pyridine rings is 1. The van der Waals surface area contributed by atoms with Crippen LogP contribution < -0.4 is 5.32 Å². The van der Waals surface area contributed by atoms with Gasteiger partial charge in [-0.15, -0.1) is 0 Å². The van der Waals surface area contributed by atoms with E-state index in [2.05, 4.69) is 15.5 Å². The number of aromatic nitrogens is 2. The highest BCUT2D eigenvalue weighted by Crippen LogP contribution is 2.25. The van der Waals surface area contributed by atoms with Crippen LogP contribution in [0.15, 0.2) is 53.3 Å². The molecule has 1 aromatic carbocycles. The molecule has 0 radical (unpaired) electrons. The van der Waals surface area contributed by atoms with Crippen molar-refractivity contribution in [3.8, 4) is 11.3 Å². The third-order valence-electron chi connectivity index (χ3n) is 3.37. The predicted octanol–water partition coefficient (Wildman–Crippen LogP) is 3.63. The topological polar surface area (TPSA) is 68.0 Å². The second-order valence-electron chi connectivity index (χ2n) is 5.02. The van der Waals surface area contributed by atoms with Gasteiger partial charge >= 0.3 is 0 Å². The summed E-state index contributed by atoms with van der Waals surface area (Å²) in [6, 6.07) is 10.9. The largest absolute Gasteiger partial charge is 0.355 e. The van der Waals surface area contributed by atoms with Gasteiger partial charge in [0.1, 0.15) is 5.56 Å². The number of aryl methyl sites for hydroxylation is 1. The van der Waals surface area contributed by atoms with Crippen molar-refractivity contribution in [2.75, 3.05) is 0 Å². The Kier molecular flexibility index (Phi) is 4.39. The van der Waals surface area contributed by atoms with Crippen molar-refractivity contribution < 1.29 is 9.32 Å². The quantitative estimate of drug-likeness (QED) is 0.794. The van der Waals surface area contributed by atoms with Crippen molar-refractivity contribution in [3.63, 3.8) is 0 Å². The Morgan fingerprint density at radius 1 is 1.26 bits per heavy atom. The summed E-state index contributed by atoms with van der Waals surface area (Å²) in [6.45, 7) is 2.11. The SMILES string of the molecule is Cc1noc(-c2ccncc2)c1C(=O)NCc1cccc(Cl)c1. The monoisotopic (exact) mass is 327 g/mol. The molecular formula is C17H14ClN3O2. The molecule has 0 bridgehead atoms. The molecule has 0 unspecified atom stereocenters. The molecule has 116 valence electrons. The summed E-state index contributed by atoms with van der Waals surface area (Å²) in [5.74, 6) is 0.198. The van der Waals surface area contributed by atoms with Gasteiger partial charge < -0.3 is 9.84 Å². The molecular weight excluding hydrogens is 314 g/mol. The Bertz CT molecular complexity index is 831. The van der Waals surface area contributed by atoms with E-state index in [1.807, 2.05) is 18.2 Å². The minimum atomic E-state index is -0.240. The molecule has 2 aromatic heterocycles. The van der Waals surface area contributed by atoms with Crippen molar-refractivity contribution in [2.45, 2.75) is 13.5 Å². The maximum absolute atomic E-state index is 12.5. The van der Waals surface area contributed by atoms with Gasteiger partial charge in [-0.25, -0.2) is 0 Å². The van der Waals surface area contributed by atoms with E-state index < -0.39 is 0 Å². The second kappa shape index (κ2) is 6.62. The van der Waals surface area contributed by atoms with Crippen molar-refractivity contribution in [2.24, 2.45) is 0 Å². The molecule has 1 amide bonds. The van der Waals surface area contributed by atoms with Crippen molar-refractivity contribution in [1.82, 2.24) is 15.5 Å². The van der Waals surface area contributed by atoms with Crippen LogP contribution in [-0.4, -0.2) is 16.0 Å². The summed E-state index contributed by atoms with van der Waals surface area (Å²) >= 11 is 5.95. The number of rotatable bonds is 4. The van der Waals surface area contributed by atoms with E-state index in [1.165, 1.54) is 0 Å². The van der Waals surface area contributed by atoms with Gasteiger partial charge in [0.25, 0.3) is 5.91 Å². The lowest BCUT2D eigenvalue weighted by Gasteiger charge is -2.06. The van der Waals surface area contributed by atoms with E-state index in [0.29, 0.717) is 28.6 Å². The third-order valence-corrected chi connectivity index (χ3v) is 3.61. The standard InChI is InChI=1S/C17H14ClN3O2/c1-11-15(16(23-21-11)13-5-7-19-8-6-13)17(22)20-10-12-3-2-4-14(18)9-12/h2-9H,10H2,1H3,(H,20,22). The van der Waals surface area contributed by atoms with E-state index in [4.69, 9.17) is 16.1 Å². The molecule has 0 aliphatic rings. The first kappa shape index (κ1) is 15.2. The molecule has 5 nitrogen and oxygen atoms in total. The highest BCUT2D eigenvalue weighted by molar-refractivity contribution is 6.30. The Morgan fingerprint density at radius 2 is 2.04 bits per heavy atom. The van der Waals surface area contributed by atoms with Crippen LogP contribution in [0.1, 0.15) is 21.6 Å². The van der Waals surface area contributed by atoms with Gasteiger partial charge in [-0.2, -0.15) is 0 Å². The number of benzene rings is 1. The fraction of sp³-hybridized carbons (Fsp3) is 0.118. The lowest BCUT2D eigenvalue weighted by molar-refractivity contribution is 0.0950. The lowest BCUT2D eigenvalue weighted by Crippen LogP contribution is -2.23. The van der Waals surface area contributed by atoms with Crippen molar-refractivity contribution >= 4 is 17.5 Å². The zero-order chi connectivity index (χ0) is 16.2. The first-order chi connectivity index (χ1) is 11.1. The summed E-state index contributed by atoms with van der Waals surface area (Å²) in [6.07, 6.45) is 3.28. The van der Waals surface area contributed by atoms with Gasteiger partial charge in [0.2, 0.25) is 0 Å². The van der Waals surface area contributed by atoms with Crippen LogP contribution in [0, 0.1) is 6.92 Å². The zero-order valence-electron chi connectivity index (χ0n) is 12.4. The van der Waals surface area contributed by atoms with E-state index in [1.54, 1.807) is 37.5 Å². The first-order valence-corrected chi connectivity index (χ1v) is 7.42. The van der Waals surface area contributed by atoms with E-state index in [0.717, 1.165) is 11.1 Å². The molecule has 6 heteroatoms. The predicted molar refractivity (Wildman–Crippen MR) is 87.1 cm³/mol. The maximum atomic E-state index is 12.5. The first-order valence-electron chi connectivity index (χ1n) is 7.04. The average Bonchev–Trinajstić information content (AvgIpc) is 2.95. The van der Waals surface area contributed by atoms with Crippen molar-refractivity contribution in [3.05, 3.63) is 70.6 Å². The molecule has 0 aliphatic carbocycles. The van der Waals surface area contributed by atoms with Gasteiger partial charge in [-0.05, 0) is 36.8 Å². The number of carbonyl (C=O) groups excluding carboxylic acids is 1. The van der Waals surface area contributed by atoms with Crippen LogP contribution >= 0.6 is 11.6 Å². The number of amides is 1. The Balaban J connectivity index is 1.81. The van der Waals surface area contributed by atoms with Crippen LogP contribution in [-0.2, 0) is 6.54 Å². The van der Waals surface area contributed by atoms with E-state index in [9.17, 15) is 4.79 Å². The highest BCUT2D eigenvalue weighted by Gasteiger charge is 2.21. The molecule has 0 saturated carbocycles. The molecule has 2 heterocycles. The molecule has 0 spiro atoms.